The third kappa shape index (κ3) is 3.39. The third-order valence-electron chi connectivity index (χ3n) is 5.63. The van der Waals surface area contributed by atoms with Crippen molar-refractivity contribution >= 4 is 16.8 Å². The fraction of sp³-hybridized carbons (Fsp3) is 0.348. The number of carbonyl (C=O) groups excluding carboxylic acids is 1. The van der Waals surface area contributed by atoms with Crippen molar-refractivity contribution in [2.24, 2.45) is 0 Å². The Morgan fingerprint density at radius 2 is 1.66 bits per heavy atom. The first-order valence-electron chi connectivity index (χ1n) is 9.95. The second kappa shape index (κ2) is 8.07. The summed E-state index contributed by atoms with van der Waals surface area (Å²) in [6.45, 7) is 10.5. The molecular weight excluding hydrogens is 366 g/mol. The lowest BCUT2D eigenvalue weighted by Gasteiger charge is -2.25. The summed E-state index contributed by atoms with van der Waals surface area (Å²) in [6.07, 6.45) is 0. The number of carbonyl (C=O) groups is 1. The summed E-state index contributed by atoms with van der Waals surface area (Å²) >= 11 is 0. The van der Waals surface area contributed by atoms with E-state index in [1.807, 2.05) is 39.8 Å². The number of rotatable bonds is 5. The van der Waals surface area contributed by atoms with Crippen molar-refractivity contribution in [3.8, 4) is 5.69 Å². The van der Waals surface area contributed by atoms with Gasteiger partial charge in [0.25, 0.3) is 5.56 Å². The number of amides is 1. The smallest absolute Gasteiger partial charge is 0.336 e. The maximum absolute atomic E-state index is 13.6. The van der Waals surface area contributed by atoms with E-state index in [2.05, 4.69) is 0 Å². The lowest BCUT2D eigenvalue weighted by molar-refractivity contribution is -0.133. The Hall–Kier alpha value is -3.15. The standard InChI is InChI=1S/C23H27N3O3/c1-6-24(7-2)21(27)17(5)25-20-13-9-8-12-18(20)22(28)26(23(25)29)19-14-10-11-15(3)16(19)4/h8-14,17H,6-7H2,1-5H3. The Morgan fingerprint density at radius 1 is 1.00 bits per heavy atom. The van der Waals surface area contributed by atoms with Gasteiger partial charge in [0.1, 0.15) is 6.04 Å². The number of likely N-dealkylation sites (N-methyl/N-ethyl adjacent to an activating group) is 1. The van der Waals surface area contributed by atoms with Crippen LogP contribution < -0.4 is 11.2 Å². The van der Waals surface area contributed by atoms with Gasteiger partial charge in [-0.25, -0.2) is 9.36 Å². The molecule has 1 unspecified atom stereocenters. The SMILES string of the molecule is CCN(CC)C(=O)C(C)n1c(=O)n(-c2cccc(C)c2C)c(=O)c2ccccc21. The van der Waals surface area contributed by atoms with Crippen molar-refractivity contribution < 1.29 is 4.79 Å². The quantitative estimate of drug-likeness (QED) is 0.669. The lowest BCUT2D eigenvalue weighted by atomic mass is 10.1. The van der Waals surface area contributed by atoms with E-state index >= 15 is 0 Å². The second-order valence-electron chi connectivity index (χ2n) is 7.22. The summed E-state index contributed by atoms with van der Waals surface area (Å²) in [5.74, 6) is -0.145. The monoisotopic (exact) mass is 393 g/mol. The van der Waals surface area contributed by atoms with E-state index in [-0.39, 0.29) is 11.5 Å². The number of aromatic nitrogens is 2. The van der Waals surface area contributed by atoms with Crippen LogP contribution in [0.5, 0.6) is 0 Å². The van der Waals surface area contributed by atoms with Crippen molar-refractivity contribution in [3.63, 3.8) is 0 Å². The predicted molar refractivity (Wildman–Crippen MR) is 116 cm³/mol. The van der Waals surface area contributed by atoms with Gasteiger partial charge in [0.05, 0.1) is 16.6 Å². The Kier molecular flexibility index (Phi) is 5.73. The molecule has 0 spiro atoms. The van der Waals surface area contributed by atoms with E-state index in [0.29, 0.717) is 29.7 Å². The van der Waals surface area contributed by atoms with Gasteiger partial charge in [-0.15, -0.1) is 0 Å². The Morgan fingerprint density at radius 3 is 2.31 bits per heavy atom. The van der Waals surface area contributed by atoms with Crippen LogP contribution in [-0.4, -0.2) is 33.0 Å². The van der Waals surface area contributed by atoms with Crippen LogP contribution in [0.25, 0.3) is 16.6 Å². The molecule has 0 bridgehead atoms. The zero-order valence-electron chi connectivity index (χ0n) is 17.6. The van der Waals surface area contributed by atoms with E-state index in [1.54, 1.807) is 42.2 Å². The largest absolute Gasteiger partial charge is 0.341 e. The number of hydrogen-bond donors (Lipinski definition) is 0. The number of aryl methyl sites for hydroxylation is 1. The van der Waals surface area contributed by atoms with E-state index in [4.69, 9.17) is 0 Å². The Labute approximate surface area is 170 Å². The summed E-state index contributed by atoms with van der Waals surface area (Å²) in [7, 11) is 0. The van der Waals surface area contributed by atoms with Crippen molar-refractivity contribution in [2.45, 2.75) is 40.7 Å². The van der Waals surface area contributed by atoms with E-state index in [1.165, 1.54) is 9.13 Å². The molecule has 152 valence electrons. The highest BCUT2D eigenvalue weighted by atomic mass is 16.2. The average Bonchev–Trinajstić information content (AvgIpc) is 2.72. The van der Waals surface area contributed by atoms with Gasteiger partial charge in [-0.3, -0.25) is 14.2 Å². The van der Waals surface area contributed by atoms with Crippen LogP contribution in [0.1, 0.15) is 37.9 Å². The number of nitrogens with zero attached hydrogens (tertiary/aromatic N) is 3. The van der Waals surface area contributed by atoms with Gasteiger partial charge < -0.3 is 4.90 Å². The second-order valence-corrected chi connectivity index (χ2v) is 7.22. The molecule has 3 aromatic rings. The molecule has 0 aliphatic heterocycles. The van der Waals surface area contributed by atoms with Gasteiger partial charge in [0.15, 0.2) is 0 Å². The maximum Gasteiger partial charge on any atom is 0.336 e. The van der Waals surface area contributed by atoms with Crippen molar-refractivity contribution in [2.75, 3.05) is 13.1 Å². The molecule has 0 fully saturated rings. The van der Waals surface area contributed by atoms with Gasteiger partial charge in [-0.05, 0) is 63.9 Å². The topological polar surface area (TPSA) is 64.3 Å². The van der Waals surface area contributed by atoms with Crippen LogP contribution in [0.4, 0.5) is 0 Å². The first-order valence-corrected chi connectivity index (χ1v) is 9.95. The van der Waals surface area contributed by atoms with Crippen LogP contribution in [0, 0.1) is 13.8 Å². The predicted octanol–water partition coefficient (Wildman–Crippen LogP) is 3.20. The van der Waals surface area contributed by atoms with E-state index in [9.17, 15) is 14.4 Å². The minimum absolute atomic E-state index is 0.145. The lowest BCUT2D eigenvalue weighted by Crippen LogP contribution is -2.45. The molecule has 6 heteroatoms. The fourth-order valence-electron chi connectivity index (χ4n) is 3.76. The van der Waals surface area contributed by atoms with Crippen molar-refractivity contribution in [1.82, 2.24) is 14.0 Å². The third-order valence-corrected chi connectivity index (χ3v) is 5.63. The molecule has 1 atom stereocenters. The van der Waals surface area contributed by atoms with E-state index < -0.39 is 11.7 Å². The highest BCUT2D eigenvalue weighted by Crippen LogP contribution is 2.19. The first-order chi connectivity index (χ1) is 13.8. The molecule has 0 saturated heterocycles. The van der Waals surface area contributed by atoms with Crippen molar-refractivity contribution in [3.05, 3.63) is 74.4 Å². The van der Waals surface area contributed by atoms with Gasteiger partial charge in [-0.2, -0.15) is 0 Å². The molecule has 0 radical (unpaired) electrons. The normalized spacial score (nSPS) is 12.2. The average molecular weight is 393 g/mol. The molecule has 0 aliphatic carbocycles. The summed E-state index contributed by atoms with van der Waals surface area (Å²) < 4.78 is 2.63. The first kappa shape index (κ1) is 20.6. The van der Waals surface area contributed by atoms with Gasteiger partial charge in [0, 0.05) is 13.1 Å². The van der Waals surface area contributed by atoms with Crippen LogP contribution in [-0.2, 0) is 4.79 Å². The van der Waals surface area contributed by atoms with Gasteiger partial charge in [0.2, 0.25) is 5.91 Å². The highest BCUT2D eigenvalue weighted by Gasteiger charge is 2.25. The zero-order chi connectivity index (χ0) is 21.3. The van der Waals surface area contributed by atoms with Crippen LogP contribution >= 0.6 is 0 Å². The Bertz CT molecular complexity index is 1190. The molecule has 6 nitrogen and oxygen atoms in total. The minimum Gasteiger partial charge on any atom is -0.341 e. The zero-order valence-corrected chi connectivity index (χ0v) is 17.6. The van der Waals surface area contributed by atoms with Crippen LogP contribution in [0.3, 0.4) is 0 Å². The molecule has 0 N–H and O–H groups in total. The summed E-state index contributed by atoms with van der Waals surface area (Å²) in [4.78, 5) is 41.6. The highest BCUT2D eigenvalue weighted by molar-refractivity contribution is 5.84. The molecule has 0 saturated carbocycles. The van der Waals surface area contributed by atoms with Crippen molar-refractivity contribution in [1.29, 1.82) is 0 Å². The molecule has 1 aromatic heterocycles. The minimum atomic E-state index is -0.732. The number of fused-ring (bicyclic) bond motifs is 1. The van der Waals surface area contributed by atoms with Gasteiger partial charge in [-0.1, -0.05) is 24.3 Å². The molecule has 0 aliphatic rings. The molecule has 29 heavy (non-hydrogen) atoms. The number of para-hydroxylation sites is 1. The summed E-state index contributed by atoms with van der Waals surface area (Å²) in [5.41, 5.74) is 1.98. The van der Waals surface area contributed by atoms with E-state index in [0.717, 1.165) is 11.1 Å². The maximum atomic E-state index is 13.6. The number of benzene rings is 2. The number of hydrogen-bond acceptors (Lipinski definition) is 3. The van der Waals surface area contributed by atoms with Gasteiger partial charge >= 0.3 is 5.69 Å². The fourth-order valence-corrected chi connectivity index (χ4v) is 3.76. The summed E-state index contributed by atoms with van der Waals surface area (Å²) in [6, 6.07) is 11.8. The molecule has 3 rings (SSSR count). The molecule has 2 aromatic carbocycles. The van der Waals surface area contributed by atoms with Crippen LogP contribution in [0.15, 0.2) is 52.1 Å². The van der Waals surface area contributed by atoms with Crippen LogP contribution in [0.2, 0.25) is 0 Å². The molecule has 1 heterocycles. The molecule has 1 amide bonds. The summed E-state index contributed by atoms with van der Waals surface area (Å²) in [5, 5.41) is 0.409. The Balaban J connectivity index is 2.40. The molecular formula is C23H27N3O3.